The largest absolute Gasteiger partial charge is 0.496 e. The number of ketones is 1. The first-order chi connectivity index (χ1) is 30.6. The van der Waals surface area contributed by atoms with Gasteiger partial charge in [0.15, 0.2) is 11.6 Å². The summed E-state index contributed by atoms with van der Waals surface area (Å²) in [5.74, 6) is 4.35. The molecule has 1 aliphatic carbocycles. The number of likely N-dealkylation sites (tertiary alicyclic amines) is 2. The van der Waals surface area contributed by atoms with Crippen molar-refractivity contribution >= 4 is 40.8 Å². The number of aromatic nitrogens is 2. The fourth-order valence-corrected chi connectivity index (χ4v) is 10.6. The van der Waals surface area contributed by atoms with Crippen LogP contribution in [0.25, 0.3) is 0 Å². The van der Waals surface area contributed by atoms with E-state index in [1.54, 1.807) is 18.2 Å². The normalized spacial score (nSPS) is 22.1. The van der Waals surface area contributed by atoms with Crippen LogP contribution in [0.2, 0.25) is 0 Å². The molecular weight excluding hydrogens is 807 g/mol. The summed E-state index contributed by atoms with van der Waals surface area (Å²) in [5, 5.41) is 2.97. The van der Waals surface area contributed by atoms with Gasteiger partial charge in [-0.15, -0.1) is 0 Å². The summed E-state index contributed by atoms with van der Waals surface area (Å²) in [6.45, 7) is 15.6. The molecular formula is C50H73N9O5. The number of ether oxygens (including phenoxy) is 1. The van der Waals surface area contributed by atoms with Gasteiger partial charge in [-0.25, -0.2) is 9.97 Å². The van der Waals surface area contributed by atoms with E-state index >= 15 is 0 Å². The van der Waals surface area contributed by atoms with E-state index in [0.29, 0.717) is 73.2 Å². The minimum atomic E-state index is -0.330. The quantitative estimate of drug-likeness (QED) is 0.255. The molecule has 6 aliphatic rings. The molecule has 0 unspecified atom stereocenters. The summed E-state index contributed by atoms with van der Waals surface area (Å²) in [4.78, 5) is 76.4. The van der Waals surface area contributed by atoms with Crippen molar-refractivity contribution in [3.8, 4) is 5.75 Å². The number of fused-ring (bicyclic) bond motifs is 1. The number of nitrogens with zero attached hydrogens (tertiary/aromatic N) is 8. The minimum Gasteiger partial charge on any atom is -0.496 e. The molecule has 1 N–H and O–H groups in total. The predicted octanol–water partition coefficient (Wildman–Crippen LogP) is 6.31. The van der Waals surface area contributed by atoms with Crippen LogP contribution in [0.5, 0.6) is 5.75 Å². The Labute approximate surface area is 381 Å². The Kier molecular flexibility index (Phi) is 14.9. The van der Waals surface area contributed by atoms with Crippen LogP contribution < -0.4 is 19.9 Å². The van der Waals surface area contributed by atoms with Crippen molar-refractivity contribution in [2.75, 3.05) is 77.3 Å². The number of Topliss-reactive ketones (excluding diaryl/α,β-unsaturated/α-hetero) is 1. The molecule has 3 fully saturated rings. The van der Waals surface area contributed by atoms with Gasteiger partial charge in [-0.3, -0.25) is 24.2 Å². The third-order valence-electron chi connectivity index (χ3n) is 14.7. The molecule has 0 spiro atoms. The summed E-state index contributed by atoms with van der Waals surface area (Å²) in [7, 11) is 7.72. The first-order valence-electron chi connectivity index (χ1n) is 24.0. The third kappa shape index (κ3) is 10.2. The van der Waals surface area contributed by atoms with E-state index in [1.165, 1.54) is 18.4 Å². The lowest BCUT2D eigenvalue weighted by molar-refractivity contribution is -0.139. The van der Waals surface area contributed by atoms with Gasteiger partial charge in [-0.2, -0.15) is 0 Å². The summed E-state index contributed by atoms with van der Waals surface area (Å²) in [6.07, 6.45) is 12.7. The number of piperidine rings is 2. The number of nitrogens with one attached hydrogen (secondary N) is 1. The number of rotatable bonds is 11. The number of carbonyl (C=O) groups excluding carboxylic acids is 4. The second kappa shape index (κ2) is 20.2. The molecule has 14 nitrogen and oxygen atoms in total. The Hall–Kier alpha value is -4.69. The van der Waals surface area contributed by atoms with Crippen molar-refractivity contribution < 1.29 is 23.9 Å². The Bertz CT molecular complexity index is 2110. The van der Waals surface area contributed by atoms with Gasteiger partial charge in [0.2, 0.25) is 17.7 Å². The molecule has 8 rings (SSSR count). The zero-order chi connectivity index (χ0) is 45.9. The number of amidine groups is 1. The van der Waals surface area contributed by atoms with Gasteiger partial charge in [0, 0.05) is 55.0 Å². The maximum atomic E-state index is 13.2. The molecule has 0 bridgehead atoms. The zero-order valence-corrected chi connectivity index (χ0v) is 40.0. The lowest BCUT2D eigenvalue weighted by atomic mass is 9.89. The van der Waals surface area contributed by atoms with Crippen molar-refractivity contribution in [2.45, 2.75) is 129 Å². The monoisotopic (exact) mass is 880 g/mol. The molecule has 2 aromatic rings. The SMILES string of the molecule is CC(C)CC(=O)NC1=NCC2=C1CN(C(=O)C1CCN(C)CC1)C2(C)C.CC[C@@H]1C(=O)N(C)c2cnc(Cc3ccc(C(=O)CC4CCN(C)CC4)cc3OC)nc2N1C1CCCC1. The number of carbonyl (C=O) groups is 4. The van der Waals surface area contributed by atoms with Crippen molar-refractivity contribution in [3.05, 3.63) is 52.5 Å². The van der Waals surface area contributed by atoms with Crippen LogP contribution in [0, 0.1) is 17.8 Å². The number of amides is 3. The average Bonchev–Trinajstić information content (AvgIpc) is 4.01. The van der Waals surface area contributed by atoms with E-state index in [9.17, 15) is 19.2 Å². The third-order valence-corrected chi connectivity index (χ3v) is 14.7. The van der Waals surface area contributed by atoms with E-state index in [0.717, 1.165) is 93.8 Å². The molecule has 6 heterocycles. The summed E-state index contributed by atoms with van der Waals surface area (Å²) in [6, 6.07) is 5.90. The number of aliphatic imine (C=N–C) groups is 1. The van der Waals surface area contributed by atoms with Gasteiger partial charge < -0.3 is 34.6 Å². The predicted molar refractivity (Wildman–Crippen MR) is 252 cm³/mol. The van der Waals surface area contributed by atoms with Crippen LogP contribution in [-0.4, -0.2) is 139 Å². The Morgan fingerprint density at radius 1 is 0.953 bits per heavy atom. The first kappa shape index (κ1) is 47.3. The highest BCUT2D eigenvalue weighted by Gasteiger charge is 2.47. The summed E-state index contributed by atoms with van der Waals surface area (Å²) in [5.41, 5.74) is 4.32. The van der Waals surface area contributed by atoms with Crippen LogP contribution in [0.1, 0.15) is 127 Å². The molecule has 2 saturated heterocycles. The molecule has 1 saturated carbocycles. The molecule has 3 amide bonds. The Morgan fingerprint density at radius 2 is 1.62 bits per heavy atom. The van der Waals surface area contributed by atoms with Gasteiger partial charge in [0.25, 0.3) is 0 Å². The fraction of sp³-hybridized carbons (Fsp3) is 0.660. The first-order valence-corrected chi connectivity index (χ1v) is 24.0. The highest BCUT2D eigenvalue weighted by Crippen LogP contribution is 2.41. The van der Waals surface area contributed by atoms with Crippen molar-refractivity contribution in [3.63, 3.8) is 0 Å². The van der Waals surface area contributed by atoms with Crippen molar-refractivity contribution in [2.24, 2.45) is 22.7 Å². The summed E-state index contributed by atoms with van der Waals surface area (Å²) < 4.78 is 5.72. The lowest BCUT2D eigenvalue weighted by Crippen LogP contribution is -2.55. The van der Waals surface area contributed by atoms with Crippen LogP contribution in [-0.2, 0) is 20.8 Å². The Morgan fingerprint density at radius 3 is 2.27 bits per heavy atom. The number of anilines is 2. The second-order valence-corrected chi connectivity index (χ2v) is 20.1. The van der Waals surface area contributed by atoms with Crippen LogP contribution >= 0.6 is 0 Å². The van der Waals surface area contributed by atoms with Gasteiger partial charge in [-0.05, 0) is 123 Å². The lowest BCUT2D eigenvalue weighted by Gasteiger charge is -2.43. The highest BCUT2D eigenvalue weighted by atomic mass is 16.5. The van der Waals surface area contributed by atoms with Crippen molar-refractivity contribution in [1.29, 1.82) is 0 Å². The van der Waals surface area contributed by atoms with E-state index in [4.69, 9.17) is 9.72 Å². The zero-order valence-electron chi connectivity index (χ0n) is 40.0. The molecule has 14 heteroatoms. The van der Waals surface area contributed by atoms with Gasteiger partial charge in [-0.1, -0.05) is 45.7 Å². The average molecular weight is 880 g/mol. The van der Waals surface area contributed by atoms with Crippen LogP contribution in [0.4, 0.5) is 11.5 Å². The topological polar surface area (TPSA) is 144 Å². The standard InChI is InChI=1S/C30H41N5O3.C20H32N4O2/c1-5-24-30(37)34(3)25-19-31-28(32-29(25)35(24)23-8-6-7-9-23)18-22-11-10-21(17-27(22)38-4)26(36)16-20-12-14-33(2)15-13-20;1-13(2)10-17(25)22-18-15-12-24(20(3,4)16(15)11-21-18)19(26)14-6-8-23(5)9-7-14/h10-11,17,19-20,23-24H,5-9,12-16,18H2,1-4H3;13-14H,6-12H2,1-5H3,(H,21,22,25)/t24-;/m1./s1. The van der Waals surface area contributed by atoms with Crippen LogP contribution in [0.15, 0.2) is 40.5 Å². The van der Waals surface area contributed by atoms with Gasteiger partial charge >= 0.3 is 0 Å². The molecule has 1 aromatic carbocycles. The molecule has 5 aliphatic heterocycles. The number of likely N-dealkylation sites (N-methyl/N-ethyl adjacent to an activating group) is 1. The second-order valence-electron chi connectivity index (χ2n) is 20.1. The number of methoxy groups -OCH3 is 1. The number of hydrogen-bond donors (Lipinski definition) is 1. The summed E-state index contributed by atoms with van der Waals surface area (Å²) >= 11 is 0. The molecule has 1 aromatic heterocycles. The maximum Gasteiger partial charge on any atom is 0.249 e. The molecule has 348 valence electrons. The highest BCUT2D eigenvalue weighted by molar-refractivity contribution is 6.11. The fourth-order valence-electron chi connectivity index (χ4n) is 10.6. The van der Waals surface area contributed by atoms with E-state index < -0.39 is 0 Å². The van der Waals surface area contributed by atoms with Crippen molar-refractivity contribution in [1.82, 2.24) is 30.0 Å². The van der Waals surface area contributed by atoms with E-state index in [-0.39, 0.29) is 41.0 Å². The van der Waals surface area contributed by atoms with Gasteiger partial charge in [0.05, 0.1) is 31.9 Å². The van der Waals surface area contributed by atoms with E-state index in [1.807, 2.05) is 44.0 Å². The minimum absolute atomic E-state index is 0.00500. The molecule has 0 radical (unpaired) electrons. The maximum absolute atomic E-state index is 13.2. The Balaban J connectivity index is 0.000000206. The van der Waals surface area contributed by atoms with E-state index in [2.05, 4.69) is 64.9 Å². The number of benzene rings is 1. The molecule has 1 atom stereocenters. The molecule has 64 heavy (non-hydrogen) atoms. The number of hydrogen-bond acceptors (Lipinski definition) is 11. The van der Waals surface area contributed by atoms with Gasteiger partial charge in [0.1, 0.15) is 29.1 Å². The van der Waals surface area contributed by atoms with Crippen LogP contribution in [0.3, 0.4) is 0 Å². The smallest absolute Gasteiger partial charge is 0.249 e.